The molecular weight excluding hydrogens is 346 g/mol. The van der Waals surface area contributed by atoms with Crippen molar-refractivity contribution in [3.05, 3.63) is 45.6 Å². The maximum Gasteiger partial charge on any atom is 0.433 e. The highest BCUT2D eigenvalue weighted by molar-refractivity contribution is 14.1. The van der Waals surface area contributed by atoms with Crippen molar-refractivity contribution in [1.29, 1.82) is 0 Å². The molecule has 0 atom stereocenters. The third-order valence-corrected chi connectivity index (χ3v) is 2.62. The lowest BCUT2D eigenvalue weighted by Gasteiger charge is -2.06. The summed E-state index contributed by atoms with van der Waals surface area (Å²) in [6.07, 6.45) is 0.313. The number of hydrogen-bond acceptors (Lipinski definition) is 2. The van der Waals surface area contributed by atoms with Gasteiger partial charge in [0.15, 0.2) is 0 Å². The Morgan fingerprint density at radius 3 is 2.47 bits per heavy atom. The molecule has 2 rings (SSSR count). The predicted molar refractivity (Wildman–Crippen MR) is 63.3 cm³/mol. The Morgan fingerprint density at radius 1 is 1.24 bits per heavy atom. The lowest BCUT2D eigenvalue weighted by Crippen LogP contribution is -2.08. The molecule has 7 heteroatoms. The number of aromatic nitrogens is 3. The Bertz CT molecular complexity index is 504. The maximum absolute atomic E-state index is 12.3. The highest BCUT2D eigenvalue weighted by Crippen LogP contribution is 2.27. The zero-order chi connectivity index (χ0) is 12.5. The molecule has 0 radical (unpaired) electrons. The largest absolute Gasteiger partial charge is 0.433 e. The fourth-order valence-electron chi connectivity index (χ4n) is 1.30. The van der Waals surface area contributed by atoms with Crippen LogP contribution in [0, 0.1) is 3.57 Å². The SMILES string of the molecule is FC(F)(F)c1ccc(Cn2cc(I)cn2)cn1. The summed E-state index contributed by atoms with van der Waals surface area (Å²) < 4.78 is 39.4. The first kappa shape index (κ1) is 12.3. The molecule has 0 aliphatic rings. The van der Waals surface area contributed by atoms with Crippen molar-refractivity contribution in [2.75, 3.05) is 0 Å². The highest BCUT2D eigenvalue weighted by atomic mass is 127. The molecule has 0 fully saturated rings. The van der Waals surface area contributed by atoms with Crippen LogP contribution in [0.5, 0.6) is 0 Å². The van der Waals surface area contributed by atoms with Crippen LogP contribution in [0.25, 0.3) is 0 Å². The van der Waals surface area contributed by atoms with Gasteiger partial charge >= 0.3 is 6.18 Å². The molecule has 0 spiro atoms. The van der Waals surface area contributed by atoms with Crippen molar-refractivity contribution < 1.29 is 13.2 Å². The van der Waals surface area contributed by atoms with Crippen molar-refractivity contribution in [2.45, 2.75) is 12.7 Å². The number of nitrogens with zero attached hydrogens (tertiary/aromatic N) is 3. The molecule has 0 unspecified atom stereocenters. The van der Waals surface area contributed by atoms with E-state index < -0.39 is 11.9 Å². The quantitative estimate of drug-likeness (QED) is 0.778. The molecule has 0 bridgehead atoms. The van der Waals surface area contributed by atoms with Gasteiger partial charge in [-0.25, -0.2) is 0 Å². The first-order valence-corrected chi connectivity index (χ1v) is 5.73. The van der Waals surface area contributed by atoms with E-state index in [2.05, 4.69) is 32.7 Å². The molecule has 17 heavy (non-hydrogen) atoms. The van der Waals surface area contributed by atoms with E-state index in [1.54, 1.807) is 17.1 Å². The van der Waals surface area contributed by atoms with Crippen LogP contribution in [-0.4, -0.2) is 14.8 Å². The summed E-state index contributed by atoms with van der Waals surface area (Å²) >= 11 is 2.11. The molecule has 0 amide bonds. The summed E-state index contributed by atoms with van der Waals surface area (Å²) in [7, 11) is 0. The minimum atomic E-state index is -4.39. The number of halogens is 4. The average molecular weight is 353 g/mol. The summed E-state index contributed by atoms with van der Waals surface area (Å²) in [5.74, 6) is 0. The first-order valence-electron chi connectivity index (χ1n) is 4.65. The average Bonchev–Trinajstić information content (AvgIpc) is 2.63. The Labute approximate surface area is 109 Å². The van der Waals surface area contributed by atoms with Gasteiger partial charge in [0.05, 0.1) is 16.3 Å². The predicted octanol–water partition coefficient (Wildman–Crippen LogP) is 2.95. The van der Waals surface area contributed by atoms with Crippen LogP contribution < -0.4 is 0 Å². The van der Waals surface area contributed by atoms with Crippen molar-refractivity contribution in [3.63, 3.8) is 0 Å². The van der Waals surface area contributed by atoms with Gasteiger partial charge < -0.3 is 0 Å². The van der Waals surface area contributed by atoms with Gasteiger partial charge in [0, 0.05) is 12.4 Å². The van der Waals surface area contributed by atoms with E-state index in [0.29, 0.717) is 12.1 Å². The lowest BCUT2D eigenvalue weighted by atomic mass is 10.2. The highest BCUT2D eigenvalue weighted by Gasteiger charge is 2.31. The second-order valence-electron chi connectivity index (χ2n) is 3.41. The normalized spacial score (nSPS) is 11.8. The maximum atomic E-state index is 12.3. The van der Waals surface area contributed by atoms with Gasteiger partial charge in [0.2, 0.25) is 0 Å². The molecule has 3 nitrogen and oxygen atoms in total. The zero-order valence-corrected chi connectivity index (χ0v) is 10.6. The van der Waals surface area contributed by atoms with Gasteiger partial charge in [0.25, 0.3) is 0 Å². The summed E-state index contributed by atoms with van der Waals surface area (Å²) in [6, 6.07) is 2.38. The van der Waals surface area contributed by atoms with Crippen LogP contribution in [0.15, 0.2) is 30.7 Å². The van der Waals surface area contributed by atoms with Crippen molar-refractivity contribution in [3.8, 4) is 0 Å². The van der Waals surface area contributed by atoms with E-state index >= 15 is 0 Å². The summed E-state index contributed by atoms with van der Waals surface area (Å²) in [4.78, 5) is 3.38. The van der Waals surface area contributed by atoms with Gasteiger partial charge in [-0.2, -0.15) is 18.3 Å². The van der Waals surface area contributed by atoms with Crippen molar-refractivity contribution >= 4 is 22.6 Å². The van der Waals surface area contributed by atoms with E-state index in [1.165, 1.54) is 12.3 Å². The summed E-state index contributed by atoms with van der Waals surface area (Å²) in [5.41, 5.74) is -0.200. The molecule has 2 heterocycles. The van der Waals surface area contributed by atoms with E-state index in [0.717, 1.165) is 9.64 Å². The topological polar surface area (TPSA) is 30.7 Å². The van der Waals surface area contributed by atoms with Crippen LogP contribution in [-0.2, 0) is 12.7 Å². The minimum absolute atomic E-state index is 0.411. The Balaban J connectivity index is 2.13. The third kappa shape index (κ3) is 3.18. The number of alkyl halides is 3. The molecular formula is C10H7F3IN3. The number of hydrogen-bond donors (Lipinski definition) is 0. The summed E-state index contributed by atoms with van der Waals surface area (Å²) in [5, 5.41) is 4.04. The zero-order valence-electron chi connectivity index (χ0n) is 8.45. The van der Waals surface area contributed by atoms with Gasteiger partial charge in [-0.05, 0) is 34.2 Å². The smallest absolute Gasteiger partial charge is 0.267 e. The molecule has 90 valence electrons. The first-order chi connectivity index (χ1) is 7.95. The molecule has 0 saturated heterocycles. The van der Waals surface area contributed by atoms with E-state index in [4.69, 9.17) is 0 Å². The van der Waals surface area contributed by atoms with Crippen molar-refractivity contribution in [2.24, 2.45) is 0 Å². The Morgan fingerprint density at radius 2 is 2.00 bits per heavy atom. The fourth-order valence-corrected chi connectivity index (χ4v) is 1.74. The number of pyridine rings is 1. The Kier molecular flexibility index (Phi) is 3.36. The number of rotatable bonds is 2. The standard InChI is InChI=1S/C10H7F3IN3/c11-10(12,13)9-2-1-7(3-15-9)5-17-6-8(14)4-16-17/h1-4,6H,5H2. The van der Waals surface area contributed by atoms with E-state index in [-0.39, 0.29) is 0 Å². The molecule has 0 aliphatic carbocycles. The fraction of sp³-hybridized carbons (Fsp3) is 0.200. The van der Waals surface area contributed by atoms with Crippen LogP contribution >= 0.6 is 22.6 Å². The van der Waals surface area contributed by atoms with E-state index in [1.807, 2.05) is 0 Å². The lowest BCUT2D eigenvalue weighted by molar-refractivity contribution is -0.141. The van der Waals surface area contributed by atoms with E-state index in [9.17, 15) is 13.2 Å². The van der Waals surface area contributed by atoms with Crippen LogP contribution in [0.2, 0.25) is 0 Å². The van der Waals surface area contributed by atoms with Gasteiger partial charge in [-0.1, -0.05) is 6.07 Å². The van der Waals surface area contributed by atoms with Crippen LogP contribution in [0.3, 0.4) is 0 Å². The van der Waals surface area contributed by atoms with Crippen molar-refractivity contribution in [1.82, 2.24) is 14.8 Å². The molecule has 0 N–H and O–H groups in total. The summed E-state index contributed by atoms with van der Waals surface area (Å²) in [6.45, 7) is 0.411. The van der Waals surface area contributed by atoms with Gasteiger partial charge in [-0.15, -0.1) is 0 Å². The van der Waals surface area contributed by atoms with Crippen LogP contribution in [0.4, 0.5) is 13.2 Å². The minimum Gasteiger partial charge on any atom is -0.267 e. The molecule has 2 aromatic rings. The van der Waals surface area contributed by atoms with Gasteiger partial charge in [-0.3, -0.25) is 9.67 Å². The second-order valence-corrected chi connectivity index (χ2v) is 4.65. The monoisotopic (exact) mass is 353 g/mol. The third-order valence-electron chi connectivity index (χ3n) is 2.06. The Hall–Kier alpha value is -1.12. The molecule has 0 saturated carbocycles. The molecule has 2 aromatic heterocycles. The van der Waals surface area contributed by atoms with Gasteiger partial charge in [0.1, 0.15) is 5.69 Å². The van der Waals surface area contributed by atoms with Crippen LogP contribution in [0.1, 0.15) is 11.3 Å². The molecule has 0 aliphatic heterocycles. The second kappa shape index (κ2) is 4.63. The molecule has 0 aromatic carbocycles.